The number of hydrogen-bond acceptors (Lipinski definition) is 2. The fourth-order valence-electron chi connectivity index (χ4n) is 2.31. The molecule has 2 rings (SSSR count). The van der Waals surface area contributed by atoms with E-state index in [1.165, 1.54) is 19.3 Å². The van der Waals surface area contributed by atoms with Crippen molar-refractivity contribution in [3.8, 4) is 0 Å². The first-order valence-electron chi connectivity index (χ1n) is 6.79. The number of nitrogens with one attached hydrogen (secondary N) is 1. The number of rotatable bonds is 4. The van der Waals surface area contributed by atoms with E-state index < -0.39 is 0 Å². The number of amides is 1. The van der Waals surface area contributed by atoms with Crippen molar-refractivity contribution in [2.75, 3.05) is 0 Å². The maximum absolute atomic E-state index is 11.7. The molecule has 4 nitrogen and oxygen atoms in total. The molecule has 0 bridgehead atoms. The van der Waals surface area contributed by atoms with Crippen molar-refractivity contribution in [3.63, 3.8) is 0 Å². The minimum absolute atomic E-state index is 0.00569. The predicted molar refractivity (Wildman–Crippen MR) is 72.0 cm³/mol. The summed E-state index contributed by atoms with van der Waals surface area (Å²) in [5.74, 6) is 0.00569. The molecular formula is C14H21N3O. The van der Waals surface area contributed by atoms with E-state index in [-0.39, 0.29) is 5.91 Å². The summed E-state index contributed by atoms with van der Waals surface area (Å²) in [6, 6.07) is 0.370. The molecule has 1 aliphatic carbocycles. The van der Waals surface area contributed by atoms with E-state index in [0.717, 1.165) is 24.9 Å². The van der Waals surface area contributed by atoms with Gasteiger partial charge in [-0.3, -0.25) is 9.48 Å². The summed E-state index contributed by atoms with van der Waals surface area (Å²) in [6.45, 7) is 2.89. The van der Waals surface area contributed by atoms with E-state index in [2.05, 4.69) is 10.4 Å². The summed E-state index contributed by atoms with van der Waals surface area (Å²) in [5.41, 5.74) is 0.968. The molecule has 98 valence electrons. The summed E-state index contributed by atoms with van der Waals surface area (Å²) in [7, 11) is 0. The first kappa shape index (κ1) is 12.9. The second-order valence-electron chi connectivity index (χ2n) is 4.81. The van der Waals surface area contributed by atoms with Crippen LogP contribution in [-0.2, 0) is 11.3 Å². The molecule has 0 saturated heterocycles. The molecule has 4 heteroatoms. The Labute approximate surface area is 108 Å². The number of hydrogen-bond donors (Lipinski definition) is 1. The monoisotopic (exact) mass is 247 g/mol. The molecule has 0 atom stereocenters. The van der Waals surface area contributed by atoms with E-state index >= 15 is 0 Å². The van der Waals surface area contributed by atoms with Gasteiger partial charge < -0.3 is 5.32 Å². The number of nitrogens with zero attached hydrogens (tertiary/aromatic N) is 2. The van der Waals surface area contributed by atoms with Crippen LogP contribution < -0.4 is 5.32 Å². The lowest BCUT2D eigenvalue weighted by molar-refractivity contribution is -0.117. The number of aryl methyl sites for hydroxylation is 1. The molecule has 1 saturated carbocycles. The van der Waals surface area contributed by atoms with Crippen LogP contribution >= 0.6 is 0 Å². The lowest BCUT2D eigenvalue weighted by atomic mass is 9.95. The van der Waals surface area contributed by atoms with Gasteiger partial charge in [-0.2, -0.15) is 5.10 Å². The molecule has 1 fully saturated rings. The summed E-state index contributed by atoms with van der Waals surface area (Å²) >= 11 is 0. The van der Waals surface area contributed by atoms with Crippen LogP contribution in [0.25, 0.3) is 6.08 Å². The first-order chi connectivity index (χ1) is 8.78. The molecular weight excluding hydrogens is 226 g/mol. The van der Waals surface area contributed by atoms with Crippen LogP contribution in [0.4, 0.5) is 0 Å². The Bertz CT molecular complexity index is 416. The maximum atomic E-state index is 11.7. The molecule has 0 aromatic carbocycles. The van der Waals surface area contributed by atoms with Gasteiger partial charge >= 0.3 is 0 Å². The Kier molecular flexibility index (Phi) is 4.56. The standard InChI is InChI=1S/C14H21N3O/c1-2-17-11-12(10-15-17)8-9-14(18)16-13-6-4-3-5-7-13/h8-11,13H,2-7H2,1H3,(H,16,18)/b9-8+. The summed E-state index contributed by atoms with van der Waals surface area (Å²) in [6.07, 6.45) is 13.1. The highest BCUT2D eigenvalue weighted by Gasteiger charge is 2.13. The third-order valence-electron chi connectivity index (χ3n) is 3.36. The molecule has 1 heterocycles. The van der Waals surface area contributed by atoms with Gasteiger partial charge in [0, 0.05) is 30.4 Å². The largest absolute Gasteiger partial charge is 0.350 e. The van der Waals surface area contributed by atoms with E-state index in [0.29, 0.717) is 6.04 Å². The molecule has 1 aromatic heterocycles. The SMILES string of the molecule is CCn1cc(/C=C/C(=O)NC2CCCCC2)cn1. The van der Waals surface area contributed by atoms with Gasteiger partial charge in [-0.25, -0.2) is 0 Å². The zero-order valence-corrected chi connectivity index (χ0v) is 10.9. The number of carbonyl (C=O) groups excluding carboxylic acids is 1. The van der Waals surface area contributed by atoms with Crippen LogP contribution in [0, 0.1) is 0 Å². The highest BCUT2D eigenvalue weighted by molar-refractivity contribution is 5.91. The van der Waals surface area contributed by atoms with Crippen molar-refractivity contribution < 1.29 is 4.79 Å². The van der Waals surface area contributed by atoms with Crippen molar-refractivity contribution in [1.29, 1.82) is 0 Å². The predicted octanol–water partition coefficient (Wildman–Crippen LogP) is 2.37. The zero-order chi connectivity index (χ0) is 12.8. The molecule has 18 heavy (non-hydrogen) atoms. The van der Waals surface area contributed by atoms with E-state index in [9.17, 15) is 4.79 Å². The van der Waals surface area contributed by atoms with Gasteiger partial charge in [0.15, 0.2) is 0 Å². The fourth-order valence-corrected chi connectivity index (χ4v) is 2.31. The Morgan fingerprint density at radius 1 is 1.50 bits per heavy atom. The van der Waals surface area contributed by atoms with Crippen LogP contribution in [0.1, 0.15) is 44.6 Å². The average Bonchev–Trinajstić information content (AvgIpc) is 2.85. The van der Waals surface area contributed by atoms with Crippen molar-refractivity contribution in [3.05, 3.63) is 24.0 Å². The zero-order valence-electron chi connectivity index (χ0n) is 10.9. The van der Waals surface area contributed by atoms with Crippen molar-refractivity contribution in [2.45, 2.75) is 51.6 Å². The van der Waals surface area contributed by atoms with Crippen LogP contribution in [0.2, 0.25) is 0 Å². The molecule has 0 spiro atoms. The third-order valence-corrected chi connectivity index (χ3v) is 3.36. The van der Waals surface area contributed by atoms with Gasteiger partial charge in [0.25, 0.3) is 0 Å². The lowest BCUT2D eigenvalue weighted by Gasteiger charge is -2.21. The van der Waals surface area contributed by atoms with Crippen LogP contribution in [0.5, 0.6) is 0 Å². The fraction of sp³-hybridized carbons (Fsp3) is 0.571. The maximum Gasteiger partial charge on any atom is 0.244 e. The van der Waals surface area contributed by atoms with Crippen molar-refractivity contribution in [2.24, 2.45) is 0 Å². The molecule has 1 N–H and O–H groups in total. The minimum Gasteiger partial charge on any atom is -0.350 e. The Balaban J connectivity index is 1.82. The van der Waals surface area contributed by atoms with E-state index in [4.69, 9.17) is 0 Å². The van der Waals surface area contributed by atoms with Gasteiger partial charge in [-0.05, 0) is 25.8 Å². The summed E-state index contributed by atoms with van der Waals surface area (Å²) < 4.78 is 1.85. The minimum atomic E-state index is 0.00569. The smallest absolute Gasteiger partial charge is 0.244 e. The van der Waals surface area contributed by atoms with Gasteiger partial charge in [0.1, 0.15) is 0 Å². The molecule has 1 aliphatic rings. The molecule has 0 unspecified atom stereocenters. The topological polar surface area (TPSA) is 46.9 Å². The highest BCUT2D eigenvalue weighted by Crippen LogP contribution is 2.17. The van der Waals surface area contributed by atoms with Crippen LogP contribution in [0.3, 0.4) is 0 Å². The quantitative estimate of drug-likeness (QED) is 0.830. The second kappa shape index (κ2) is 6.38. The van der Waals surface area contributed by atoms with E-state index in [1.807, 2.05) is 23.9 Å². The molecule has 1 amide bonds. The Hall–Kier alpha value is -1.58. The van der Waals surface area contributed by atoms with Crippen LogP contribution in [0.15, 0.2) is 18.5 Å². The lowest BCUT2D eigenvalue weighted by Crippen LogP contribution is -2.34. The number of aromatic nitrogens is 2. The first-order valence-corrected chi connectivity index (χ1v) is 6.79. The van der Waals surface area contributed by atoms with Gasteiger partial charge in [0.2, 0.25) is 5.91 Å². The molecule has 0 aliphatic heterocycles. The van der Waals surface area contributed by atoms with E-state index in [1.54, 1.807) is 12.3 Å². The number of carbonyl (C=O) groups is 1. The normalized spacial score (nSPS) is 17.2. The summed E-state index contributed by atoms with van der Waals surface area (Å²) in [5, 5.41) is 7.22. The summed E-state index contributed by atoms with van der Waals surface area (Å²) in [4.78, 5) is 11.7. The van der Waals surface area contributed by atoms with Gasteiger partial charge in [-0.15, -0.1) is 0 Å². The molecule has 1 aromatic rings. The Morgan fingerprint density at radius 3 is 2.94 bits per heavy atom. The average molecular weight is 247 g/mol. The third kappa shape index (κ3) is 3.72. The van der Waals surface area contributed by atoms with Gasteiger partial charge in [-0.1, -0.05) is 19.3 Å². The highest BCUT2D eigenvalue weighted by atomic mass is 16.1. The molecule has 0 radical (unpaired) electrons. The van der Waals surface area contributed by atoms with Gasteiger partial charge in [0.05, 0.1) is 6.20 Å². The Morgan fingerprint density at radius 2 is 2.28 bits per heavy atom. The second-order valence-corrected chi connectivity index (χ2v) is 4.81. The van der Waals surface area contributed by atoms with Crippen molar-refractivity contribution in [1.82, 2.24) is 15.1 Å². The van der Waals surface area contributed by atoms with Crippen molar-refractivity contribution >= 4 is 12.0 Å². The van der Waals surface area contributed by atoms with Crippen LogP contribution in [-0.4, -0.2) is 21.7 Å².